The Bertz CT molecular complexity index is 569. The van der Waals surface area contributed by atoms with Gasteiger partial charge in [0.05, 0.1) is 13.2 Å². The molecule has 0 bridgehead atoms. The van der Waals surface area contributed by atoms with Gasteiger partial charge in [0.15, 0.2) is 0 Å². The first-order valence-corrected chi connectivity index (χ1v) is 6.32. The zero-order valence-electron chi connectivity index (χ0n) is 11.4. The van der Waals surface area contributed by atoms with Crippen molar-refractivity contribution in [3.05, 3.63) is 42.2 Å². The summed E-state index contributed by atoms with van der Waals surface area (Å²) in [6.45, 7) is 1.99. The van der Waals surface area contributed by atoms with Crippen LogP contribution in [0.1, 0.15) is 35.6 Å². The molecule has 0 aromatic carbocycles. The fraction of sp³-hybridized carbons (Fsp3) is 0.385. The first-order chi connectivity index (χ1) is 9.67. The van der Waals surface area contributed by atoms with Crippen molar-refractivity contribution in [3.8, 4) is 0 Å². The Morgan fingerprint density at radius 2 is 2.35 bits per heavy atom. The number of hydrogen-bond acceptors (Lipinski definition) is 6. The maximum absolute atomic E-state index is 11.4. The molecule has 0 fully saturated rings. The van der Waals surface area contributed by atoms with E-state index in [-0.39, 0.29) is 17.9 Å². The Kier molecular flexibility index (Phi) is 4.41. The summed E-state index contributed by atoms with van der Waals surface area (Å²) in [6.07, 6.45) is 5.67. The predicted octanol–water partition coefficient (Wildman–Crippen LogP) is 0.786. The summed E-state index contributed by atoms with van der Waals surface area (Å²) in [5.74, 6) is -0.552. The molecule has 2 aromatic rings. The van der Waals surface area contributed by atoms with Gasteiger partial charge < -0.3 is 10.5 Å². The monoisotopic (exact) mass is 275 g/mol. The number of pyridine rings is 1. The Balaban J connectivity index is 2.37. The van der Waals surface area contributed by atoms with Crippen LogP contribution in [0.4, 0.5) is 0 Å². The number of hydrogen-bond donors (Lipinski definition) is 1. The third kappa shape index (κ3) is 2.83. The van der Waals surface area contributed by atoms with Crippen LogP contribution >= 0.6 is 0 Å². The van der Waals surface area contributed by atoms with E-state index in [1.54, 1.807) is 17.1 Å². The molecule has 2 heterocycles. The molecule has 0 saturated heterocycles. The minimum atomic E-state index is -0.571. The Morgan fingerprint density at radius 3 is 2.95 bits per heavy atom. The van der Waals surface area contributed by atoms with Crippen molar-refractivity contribution in [3.63, 3.8) is 0 Å². The van der Waals surface area contributed by atoms with E-state index in [0.29, 0.717) is 0 Å². The van der Waals surface area contributed by atoms with Crippen LogP contribution in [-0.4, -0.2) is 38.9 Å². The minimum absolute atomic E-state index is 0.0182. The smallest absolute Gasteiger partial charge is 0.377 e. The summed E-state index contributed by atoms with van der Waals surface area (Å²) in [5, 5.41) is 4.15. The number of nitrogens with zero attached hydrogens (tertiary/aromatic N) is 4. The molecule has 20 heavy (non-hydrogen) atoms. The standard InChI is InChI=1S/C13H17N5O2/c1-3-10(14)11(9-5-4-6-15-7-9)18-8-16-12(17-18)13(19)20-2/h4-8,10-11H,3,14H2,1-2H3. The van der Waals surface area contributed by atoms with E-state index in [0.717, 1.165) is 12.0 Å². The van der Waals surface area contributed by atoms with Gasteiger partial charge in [-0.1, -0.05) is 13.0 Å². The Hall–Kier alpha value is -2.28. The van der Waals surface area contributed by atoms with Gasteiger partial charge >= 0.3 is 5.97 Å². The summed E-state index contributed by atoms with van der Waals surface area (Å²) < 4.78 is 6.18. The highest BCUT2D eigenvalue weighted by Gasteiger charge is 2.23. The summed E-state index contributed by atoms with van der Waals surface area (Å²) in [6, 6.07) is 3.38. The van der Waals surface area contributed by atoms with Gasteiger partial charge in [-0.2, -0.15) is 0 Å². The topological polar surface area (TPSA) is 95.9 Å². The highest BCUT2D eigenvalue weighted by atomic mass is 16.5. The van der Waals surface area contributed by atoms with Gasteiger partial charge in [0.25, 0.3) is 5.82 Å². The number of methoxy groups -OCH3 is 1. The van der Waals surface area contributed by atoms with E-state index in [4.69, 9.17) is 5.73 Å². The van der Waals surface area contributed by atoms with E-state index < -0.39 is 5.97 Å². The Morgan fingerprint density at radius 1 is 1.55 bits per heavy atom. The number of nitrogens with two attached hydrogens (primary N) is 1. The predicted molar refractivity (Wildman–Crippen MR) is 72.0 cm³/mol. The second-order valence-corrected chi connectivity index (χ2v) is 4.34. The molecule has 0 aliphatic heterocycles. The second kappa shape index (κ2) is 6.25. The third-order valence-corrected chi connectivity index (χ3v) is 3.06. The summed E-state index contributed by atoms with van der Waals surface area (Å²) in [4.78, 5) is 19.5. The van der Waals surface area contributed by atoms with Crippen LogP contribution in [0.5, 0.6) is 0 Å². The molecule has 2 unspecified atom stereocenters. The van der Waals surface area contributed by atoms with E-state index >= 15 is 0 Å². The molecule has 0 radical (unpaired) electrons. The highest BCUT2D eigenvalue weighted by molar-refractivity contribution is 5.84. The number of carbonyl (C=O) groups excluding carboxylic acids is 1. The van der Waals surface area contributed by atoms with Crippen LogP contribution in [0, 0.1) is 0 Å². The number of rotatable bonds is 5. The maximum atomic E-state index is 11.4. The van der Waals surface area contributed by atoms with Crippen molar-refractivity contribution in [2.24, 2.45) is 5.73 Å². The number of carbonyl (C=O) groups is 1. The molecule has 2 aromatic heterocycles. The molecule has 106 valence electrons. The SMILES string of the molecule is CCC(N)C(c1cccnc1)n1cnc(C(=O)OC)n1. The molecule has 7 heteroatoms. The molecule has 0 amide bonds. The maximum Gasteiger partial charge on any atom is 0.377 e. The van der Waals surface area contributed by atoms with E-state index in [2.05, 4.69) is 19.8 Å². The first-order valence-electron chi connectivity index (χ1n) is 6.32. The van der Waals surface area contributed by atoms with Gasteiger partial charge in [-0.05, 0) is 18.1 Å². The van der Waals surface area contributed by atoms with Crippen LogP contribution in [0.3, 0.4) is 0 Å². The van der Waals surface area contributed by atoms with Gasteiger partial charge in [-0.25, -0.2) is 14.5 Å². The van der Waals surface area contributed by atoms with Crippen LogP contribution < -0.4 is 5.73 Å². The van der Waals surface area contributed by atoms with Crippen molar-refractivity contribution in [2.75, 3.05) is 7.11 Å². The van der Waals surface area contributed by atoms with E-state index in [9.17, 15) is 4.79 Å². The van der Waals surface area contributed by atoms with Crippen molar-refractivity contribution in [2.45, 2.75) is 25.4 Å². The highest BCUT2D eigenvalue weighted by Crippen LogP contribution is 2.21. The lowest BCUT2D eigenvalue weighted by Gasteiger charge is -2.22. The molecular weight excluding hydrogens is 258 g/mol. The zero-order chi connectivity index (χ0) is 14.5. The van der Waals surface area contributed by atoms with Gasteiger partial charge in [0.2, 0.25) is 0 Å². The van der Waals surface area contributed by atoms with E-state index in [1.165, 1.54) is 13.4 Å². The molecule has 0 aliphatic rings. The molecule has 2 rings (SSSR count). The van der Waals surface area contributed by atoms with Gasteiger partial charge in [-0.3, -0.25) is 4.98 Å². The largest absolute Gasteiger partial charge is 0.463 e. The summed E-state index contributed by atoms with van der Waals surface area (Å²) in [5.41, 5.74) is 7.09. The van der Waals surface area contributed by atoms with Gasteiger partial charge in [-0.15, -0.1) is 5.10 Å². The molecule has 2 N–H and O–H groups in total. The van der Waals surface area contributed by atoms with Crippen molar-refractivity contribution < 1.29 is 9.53 Å². The lowest BCUT2D eigenvalue weighted by Crippen LogP contribution is -2.33. The number of aromatic nitrogens is 4. The van der Waals surface area contributed by atoms with Crippen LogP contribution in [-0.2, 0) is 4.74 Å². The summed E-state index contributed by atoms with van der Waals surface area (Å²) >= 11 is 0. The van der Waals surface area contributed by atoms with Gasteiger partial charge in [0.1, 0.15) is 6.33 Å². The van der Waals surface area contributed by atoms with Gasteiger partial charge in [0, 0.05) is 18.4 Å². The quantitative estimate of drug-likeness (QED) is 0.810. The summed E-state index contributed by atoms with van der Waals surface area (Å²) in [7, 11) is 1.29. The fourth-order valence-corrected chi connectivity index (χ4v) is 1.96. The minimum Gasteiger partial charge on any atom is -0.463 e. The van der Waals surface area contributed by atoms with Crippen molar-refractivity contribution >= 4 is 5.97 Å². The lowest BCUT2D eigenvalue weighted by molar-refractivity contribution is 0.0586. The normalized spacial score (nSPS) is 13.8. The average Bonchev–Trinajstić information content (AvgIpc) is 2.97. The molecule has 7 nitrogen and oxygen atoms in total. The Labute approximate surface area is 116 Å². The third-order valence-electron chi connectivity index (χ3n) is 3.06. The molecular formula is C13H17N5O2. The average molecular weight is 275 g/mol. The van der Waals surface area contributed by atoms with Crippen LogP contribution in [0.25, 0.3) is 0 Å². The fourth-order valence-electron chi connectivity index (χ4n) is 1.96. The van der Waals surface area contributed by atoms with Crippen LogP contribution in [0.15, 0.2) is 30.9 Å². The van der Waals surface area contributed by atoms with Crippen molar-refractivity contribution in [1.82, 2.24) is 19.7 Å². The first kappa shape index (κ1) is 14.1. The van der Waals surface area contributed by atoms with E-state index in [1.807, 2.05) is 19.1 Å². The van der Waals surface area contributed by atoms with Crippen molar-refractivity contribution in [1.29, 1.82) is 0 Å². The number of esters is 1. The lowest BCUT2D eigenvalue weighted by atomic mass is 10.00. The second-order valence-electron chi connectivity index (χ2n) is 4.34. The zero-order valence-corrected chi connectivity index (χ0v) is 11.4. The molecule has 2 atom stereocenters. The number of ether oxygens (including phenoxy) is 1. The molecule has 0 saturated carbocycles. The van der Waals surface area contributed by atoms with Crippen LogP contribution in [0.2, 0.25) is 0 Å². The molecule has 0 spiro atoms. The molecule has 0 aliphatic carbocycles.